The number of hydrogen-bond acceptors (Lipinski definition) is 4. The fraction of sp³-hybridized carbons (Fsp3) is 0.0370. The SMILES string of the molecule is C1=NC2=NC(n3c4ccccc4c4cc5c(cc43)c3ccccc3n5-c3ccccc3)=CNC2NC1n1c2ccccc2c2cc3c(cc21)c1ccccc1n3-c1ccccc1. The van der Waals surface area contributed by atoms with Crippen LogP contribution in [-0.4, -0.2) is 36.5 Å². The van der Waals surface area contributed by atoms with E-state index in [9.17, 15) is 0 Å². The molecule has 14 rings (SSSR count). The molecule has 62 heavy (non-hydrogen) atoms. The minimum Gasteiger partial charge on any atom is -0.366 e. The molecule has 0 radical (unpaired) electrons. The van der Waals surface area contributed by atoms with Gasteiger partial charge in [0.15, 0.2) is 11.7 Å². The first-order valence-electron chi connectivity index (χ1n) is 21.2. The molecule has 0 saturated carbocycles. The number of aliphatic imine (C=N–C) groups is 2. The molecule has 0 saturated heterocycles. The fourth-order valence-corrected chi connectivity index (χ4v) is 10.4. The van der Waals surface area contributed by atoms with E-state index >= 15 is 0 Å². The average molecular weight is 797 g/mol. The zero-order chi connectivity index (χ0) is 40.5. The van der Waals surface area contributed by atoms with Crippen LogP contribution < -0.4 is 10.6 Å². The summed E-state index contributed by atoms with van der Waals surface area (Å²) in [6.07, 6.45) is 3.53. The van der Waals surface area contributed by atoms with Crippen molar-refractivity contribution in [1.29, 1.82) is 0 Å². The summed E-state index contributed by atoms with van der Waals surface area (Å²) in [6.45, 7) is 0. The number of nitrogens with one attached hydrogen (secondary N) is 2. The lowest BCUT2D eigenvalue weighted by molar-refractivity contribution is 0.465. The maximum atomic E-state index is 5.29. The van der Waals surface area contributed by atoms with Gasteiger partial charge in [-0.25, -0.2) is 9.98 Å². The van der Waals surface area contributed by atoms with Crippen molar-refractivity contribution in [2.24, 2.45) is 9.98 Å². The highest BCUT2D eigenvalue weighted by Crippen LogP contribution is 2.42. The maximum absolute atomic E-state index is 5.29. The van der Waals surface area contributed by atoms with Crippen molar-refractivity contribution >= 4 is 105 Å². The molecule has 6 heterocycles. The van der Waals surface area contributed by atoms with Crippen molar-refractivity contribution < 1.29 is 0 Å². The Bertz CT molecular complexity index is 3930. The third-order valence-electron chi connectivity index (χ3n) is 13.1. The van der Waals surface area contributed by atoms with Gasteiger partial charge in [0.2, 0.25) is 0 Å². The molecule has 2 unspecified atom stereocenters. The van der Waals surface area contributed by atoms with Crippen LogP contribution in [0.5, 0.6) is 0 Å². The predicted molar refractivity (Wildman–Crippen MR) is 257 cm³/mol. The summed E-state index contributed by atoms with van der Waals surface area (Å²) in [5, 5.41) is 17.2. The van der Waals surface area contributed by atoms with Gasteiger partial charge in [-0.2, -0.15) is 0 Å². The van der Waals surface area contributed by atoms with E-state index < -0.39 is 0 Å². The molecule has 2 atom stereocenters. The molecule has 0 bridgehead atoms. The van der Waals surface area contributed by atoms with Crippen LogP contribution in [0.15, 0.2) is 198 Å². The minimum atomic E-state index is -0.294. The van der Waals surface area contributed by atoms with E-state index in [-0.39, 0.29) is 12.3 Å². The van der Waals surface area contributed by atoms with Gasteiger partial charge in [0, 0.05) is 66.9 Å². The third kappa shape index (κ3) is 4.64. The van der Waals surface area contributed by atoms with Gasteiger partial charge in [0.05, 0.1) is 44.1 Å². The summed E-state index contributed by atoms with van der Waals surface area (Å²) in [7, 11) is 0. The lowest BCUT2D eigenvalue weighted by Gasteiger charge is -2.31. The van der Waals surface area contributed by atoms with Gasteiger partial charge in [-0.3, -0.25) is 9.88 Å². The molecule has 0 spiro atoms. The van der Waals surface area contributed by atoms with Crippen LogP contribution in [0.2, 0.25) is 0 Å². The Kier molecular flexibility index (Phi) is 6.86. The van der Waals surface area contributed by atoms with Crippen molar-refractivity contribution in [3.05, 3.63) is 188 Å². The van der Waals surface area contributed by atoms with Crippen LogP contribution in [0.25, 0.3) is 104 Å². The van der Waals surface area contributed by atoms with Crippen molar-refractivity contribution in [3.63, 3.8) is 0 Å². The number of fused-ring (bicyclic) bond motifs is 13. The van der Waals surface area contributed by atoms with E-state index in [1.807, 2.05) is 12.4 Å². The maximum Gasteiger partial charge on any atom is 0.167 e. The van der Waals surface area contributed by atoms with E-state index in [4.69, 9.17) is 9.98 Å². The molecule has 2 N–H and O–H groups in total. The van der Waals surface area contributed by atoms with Gasteiger partial charge in [-0.15, -0.1) is 0 Å². The molecule has 2 aliphatic heterocycles. The lowest BCUT2D eigenvalue weighted by atomic mass is 10.1. The van der Waals surface area contributed by atoms with Crippen LogP contribution in [0.1, 0.15) is 6.17 Å². The highest BCUT2D eigenvalue weighted by molar-refractivity contribution is 6.21. The standard InChI is InChI=1S/C54H36N8/c1-3-15-33(16-4-1)59-43-23-11-7-19-35(43)39-29-49-41(27-47(39)59)37-21-9-13-25-45(37)61(49)51-31-55-54-53(57-51)56-32-52(58-54)62-46-26-14-10-22-38(46)42-28-48-40(30-50(42)62)36-20-8-12-24-44(36)60(48)34-17-5-2-6-18-34/h1-32,51,53,56-57H. The Morgan fingerprint density at radius 1 is 0.387 bits per heavy atom. The molecule has 292 valence electrons. The summed E-state index contributed by atoms with van der Waals surface area (Å²) in [5.74, 6) is 1.49. The number of aromatic nitrogens is 4. The first-order valence-corrected chi connectivity index (χ1v) is 21.2. The molecular formula is C54H36N8. The second kappa shape index (κ2) is 12.7. The van der Waals surface area contributed by atoms with E-state index in [2.05, 4.69) is 211 Å². The molecule has 4 aromatic heterocycles. The van der Waals surface area contributed by atoms with Gasteiger partial charge < -0.3 is 19.0 Å². The normalized spacial score (nSPS) is 16.6. The minimum absolute atomic E-state index is 0.229. The van der Waals surface area contributed by atoms with Gasteiger partial charge in [0.25, 0.3) is 0 Å². The van der Waals surface area contributed by atoms with Gasteiger partial charge in [-0.05, 0) is 72.8 Å². The van der Waals surface area contributed by atoms with Crippen molar-refractivity contribution in [2.45, 2.75) is 12.3 Å². The zero-order valence-electron chi connectivity index (χ0n) is 33.3. The first kappa shape index (κ1) is 33.6. The number of nitrogens with zero attached hydrogens (tertiary/aromatic N) is 6. The van der Waals surface area contributed by atoms with Gasteiger partial charge >= 0.3 is 0 Å². The van der Waals surface area contributed by atoms with Crippen LogP contribution in [0, 0.1) is 0 Å². The smallest absolute Gasteiger partial charge is 0.167 e. The molecule has 12 aromatic rings. The number of para-hydroxylation sites is 6. The predicted octanol–water partition coefficient (Wildman–Crippen LogP) is 12.1. The Morgan fingerprint density at radius 3 is 1.35 bits per heavy atom. The topological polar surface area (TPSA) is 68.5 Å². The first-order chi connectivity index (χ1) is 30.8. The summed E-state index contributed by atoms with van der Waals surface area (Å²) >= 11 is 0. The number of hydrogen-bond donors (Lipinski definition) is 2. The lowest BCUT2D eigenvalue weighted by Crippen LogP contribution is -2.53. The molecule has 8 heteroatoms. The molecule has 2 aliphatic rings. The summed E-state index contributed by atoms with van der Waals surface area (Å²) in [6, 6.07) is 65.5. The number of amidine groups is 1. The fourth-order valence-electron chi connectivity index (χ4n) is 10.4. The zero-order valence-corrected chi connectivity index (χ0v) is 33.3. The summed E-state index contributed by atoms with van der Waals surface area (Å²) < 4.78 is 9.44. The van der Waals surface area contributed by atoms with Crippen LogP contribution in [0.3, 0.4) is 0 Å². The Morgan fingerprint density at radius 2 is 0.806 bits per heavy atom. The highest BCUT2D eigenvalue weighted by atomic mass is 15.3. The molecule has 8 nitrogen and oxygen atoms in total. The van der Waals surface area contributed by atoms with Crippen molar-refractivity contribution in [3.8, 4) is 11.4 Å². The quantitative estimate of drug-likeness (QED) is 0.186. The Hall–Kier alpha value is -8.20. The largest absolute Gasteiger partial charge is 0.366 e. The second-order valence-electron chi connectivity index (χ2n) is 16.4. The van der Waals surface area contributed by atoms with E-state index in [1.54, 1.807) is 0 Å². The molecule has 0 aliphatic carbocycles. The van der Waals surface area contributed by atoms with Crippen molar-refractivity contribution in [1.82, 2.24) is 28.9 Å². The molecule has 0 amide bonds. The summed E-state index contributed by atoms with van der Waals surface area (Å²) in [5.41, 5.74) is 11.5. The monoisotopic (exact) mass is 796 g/mol. The Balaban J connectivity index is 0.908. The van der Waals surface area contributed by atoms with E-state index in [0.29, 0.717) is 5.84 Å². The average Bonchev–Trinajstić information content (AvgIpc) is 4.05. The summed E-state index contributed by atoms with van der Waals surface area (Å²) in [4.78, 5) is 10.4. The Labute approximate surface area is 354 Å². The molecule has 8 aromatic carbocycles. The number of benzene rings is 8. The van der Waals surface area contributed by atoms with Crippen LogP contribution in [0.4, 0.5) is 0 Å². The van der Waals surface area contributed by atoms with Gasteiger partial charge in [0.1, 0.15) is 12.3 Å². The number of rotatable bonds is 4. The van der Waals surface area contributed by atoms with E-state index in [0.717, 1.165) is 39.3 Å². The van der Waals surface area contributed by atoms with Crippen LogP contribution >= 0.6 is 0 Å². The van der Waals surface area contributed by atoms with Crippen molar-refractivity contribution in [2.75, 3.05) is 0 Å². The third-order valence-corrected chi connectivity index (χ3v) is 13.1. The molecule has 0 fully saturated rings. The van der Waals surface area contributed by atoms with Gasteiger partial charge in [-0.1, -0.05) is 109 Å². The highest BCUT2D eigenvalue weighted by Gasteiger charge is 2.30. The second-order valence-corrected chi connectivity index (χ2v) is 16.4. The van der Waals surface area contributed by atoms with E-state index in [1.165, 1.54) is 65.2 Å². The van der Waals surface area contributed by atoms with Crippen LogP contribution in [-0.2, 0) is 0 Å². The molecular weight excluding hydrogens is 761 g/mol.